The number of ether oxygens (including phenoxy) is 1. The lowest BCUT2D eigenvalue weighted by molar-refractivity contribution is 0.159. The molecule has 0 fully saturated rings. The molecule has 1 rings (SSSR count). The van der Waals surface area contributed by atoms with Crippen LogP contribution in [0.2, 0.25) is 0 Å². The van der Waals surface area contributed by atoms with Gasteiger partial charge in [-0.05, 0) is 6.42 Å². The number of hydrogen-bond acceptors (Lipinski definition) is 4. The number of rotatable bonds is 5. The molecule has 0 aliphatic heterocycles. The lowest BCUT2D eigenvalue weighted by Gasteiger charge is -2.03. The largest absolute Gasteiger partial charge is 0.449 e. The minimum absolute atomic E-state index is 0.420. The van der Waals surface area contributed by atoms with Crippen LogP contribution >= 0.6 is 11.3 Å². The maximum atomic E-state index is 11.1. The zero-order valence-electron chi connectivity index (χ0n) is 8.16. The second kappa shape index (κ2) is 6.37. The Morgan fingerprint density at radius 3 is 3.14 bits per heavy atom. The van der Waals surface area contributed by atoms with Crippen LogP contribution in [0.15, 0.2) is 11.6 Å². The molecule has 78 valence electrons. The number of amides is 1. The summed E-state index contributed by atoms with van der Waals surface area (Å²) in [6.45, 7) is 2.58. The first-order chi connectivity index (χ1) is 6.83. The lowest BCUT2D eigenvalue weighted by atomic mass is 10.3. The van der Waals surface area contributed by atoms with Crippen molar-refractivity contribution < 1.29 is 9.53 Å². The SMILES string of the molecule is CCCCCOC(=O)Nc1nccs1. The summed E-state index contributed by atoms with van der Waals surface area (Å²) in [6.07, 6.45) is 4.34. The summed E-state index contributed by atoms with van der Waals surface area (Å²) in [5, 5.41) is 4.92. The summed E-state index contributed by atoms with van der Waals surface area (Å²) in [5.74, 6) is 0. The van der Waals surface area contributed by atoms with E-state index in [4.69, 9.17) is 4.74 Å². The highest BCUT2D eigenvalue weighted by atomic mass is 32.1. The van der Waals surface area contributed by atoms with Gasteiger partial charge in [-0.25, -0.2) is 9.78 Å². The van der Waals surface area contributed by atoms with Crippen LogP contribution in [-0.4, -0.2) is 17.7 Å². The second-order valence-corrected chi connectivity index (χ2v) is 3.70. The Labute approximate surface area is 87.3 Å². The van der Waals surface area contributed by atoms with Crippen LogP contribution in [0.25, 0.3) is 0 Å². The molecule has 1 amide bonds. The minimum Gasteiger partial charge on any atom is -0.449 e. The van der Waals surface area contributed by atoms with Gasteiger partial charge >= 0.3 is 6.09 Å². The van der Waals surface area contributed by atoms with Gasteiger partial charge in [-0.15, -0.1) is 11.3 Å². The number of hydrogen-bond donors (Lipinski definition) is 1. The van der Waals surface area contributed by atoms with Crippen molar-refractivity contribution in [2.45, 2.75) is 26.2 Å². The molecule has 0 aromatic carbocycles. The topological polar surface area (TPSA) is 51.2 Å². The first kappa shape index (κ1) is 11.0. The third kappa shape index (κ3) is 4.23. The molecule has 0 aliphatic rings. The normalized spacial score (nSPS) is 9.79. The molecule has 0 bridgehead atoms. The van der Waals surface area contributed by atoms with Crippen LogP contribution in [0, 0.1) is 0 Å². The zero-order valence-corrected chi connectivity index (χ0v) is 8.97. The number of carbonyl (C=O) groups is 1. The van der Waals surface area contributed by atoms with Crippen molar-refractivity contribution in [3.63, 3.8) is 0 Å². The molecule has 0 spiro atoms. The fraction of sp³-hybridized carbons (Fsp3) is 0.556. The van der Waals surface area contributed by atoms with E-state index in [1.165, 1.54) is 11.3 Å². The first-order valence-corrected chi connectivity index (χ1v) is 5.54. The highest BCUT2D eigenvalue weighted by molar-refractivity contribution is 7.13. The second-order valence-electron chi connectivity index (χ2n) is 2.81. The summed E-state index contributed by atoms with van der Waals surface area (Å²) >= 11 is 1.37. The van der Waals surface area contributed by atoms with Crippen molar-refractivity contribution in [2.75, 3.05) is 11.9 Å². The smallest absolute Gasteiger partial charge is 0.413 e. The van der Waals surface area contributed by atoms with Gasteiger partial charge in [0.1, 0.15) is 0 Å². The number of unbranched alkanes of at least 4 members (excludes halogenated alkanes) is 2. The molecule has 0 saturated carbocycles. The monoisotopic (exact) mass is 214 g/mol. The van der Waals surface area contributed by atoms with Crippen molar-refractivity contribution >= 4 is 22.6 Å². The molecule has 14 heavy (non-hydrogen) atoms. The fourth-order valence-electron chi connectivity index (χ4n) is 0.925. The molecule has 5 heteroatoms. The number of nitrogens with one attached hydrogen (secondary N) is 1. The van der Waals surface area contributed by atoms with Gasteiger partial charge in [0.15, 0.2) is 5.13 Å². The number of anilines is 1. The zero-order chi connectivity index (χ0) is 10.2. The maximum absolute atomic E-state index is 11.1. The molecule has 0 saturated heterocycles. The van der Waals surface area contributed by atoms with E-state index < -0.39 is 6.09 Å². The molecule has 0 unspecified atom stereocenters. The predicted molar refractivity (Wildman–Crippen MR) is 56.6 cm³/mol. The molecular weight excluding hydrogens is 200 g/mol. The predicted octanol–water partition coefficient (Wildman–Crippen LogP) is 2.88. The summed E-state index contributed by atoms with van der Waals surface area (Å²) in [7, 11) is 0. The fourth-order valence-corrected chi connectivity index (χ4v) is 1.44. The van der Waals surface area contributed by atoms with Gasteiger partial charge in [-0.3, -0.25) is 5.32 Å². The molecule has 1 heterocycles. The van der Waals surface area contributed by atoms with Crippen molar-refractivity contribution in [1.82, 2.24) is 4.98 Å². The van der Waals surface area contributed by atoms with Crippen molar-refractivity contribution in [1.29, 1.82) is 0 Å². The van der Waals surface area contributed by atoms with E-state index in [1.54, 1.807) is 11.6 Å². The molecule has 1 N–H and O–H groups in total. The van der Waals surface area contributed by atoms with Gasteiger partial charge in [0.05, 0.1) is 6.61 Å². The van der Waals surface area contributed by atoms with E-state index in [-0.39, 0.29) is 0 Å². The van der Waals surface area contributed by atoms with Crippen LogP contribution in [0.4, 0.5) is 9.93 Å². The quantitative estimate of drug-likeness (QED) is 0.767. The van der Waals surface area contributed by atoms with Gasteiger partial charge in [0.2, 0.25) is 0 Å². The Morgan fingerprint density at radius 2 is 2.50 bits per heavy atom. The average molecular weight is 214 g/mol. The summed E-state index contributed by atoms with van der Waals surface area (Å²) < 4.78 is 4.93. The van der Waals surface area contributed by atoms with E-state index >= 15 is 0 Å². The molecule has 0 atom stereocenters. The van der Waals surface area contributed by atoms with Crippen LogP contribution in [-0.2, 0) is 4.74 Å². The lowest BCUT2D eigenvalue weighted by Crippen LogP contribution is -2.14. The third-order valence-corrected chi connectivity index (χ3v) is 2.31. The van der Waals surface area contributed by atoms with E-state index in [0.29, 0.717) is 11.7 Å². The van der Waals surface area contributed by atoms with Gasteiger partial charge in [0, 0.05) is 11.6 Å². The summed E-state index contributed by atoms with van der Waals surface area (Å²) in [4.78, 5) is 15.0. The third-order valence-electron chi connectivity index (χ3n) is 1.62. The number of aromatic nitrogens is 1. The average Bonchev–Trinajstić information content (AvgIpc) is 2.65. The Balaban J connectivity index is 2.11. The van der Waals surface area contributed by atoms with Gasteiger partial charge in [-0.1, -0.05) is 19.8 Å². The van der Waals surface area contributed by atoms with Gasteiger partial charge in [-0.2, -0.15) is 0 Å². The van der Waals surface area contributed by atoms with Crippen molar-refractivity contribution in [3.8, 4) is 0 Å². The number of thiazole rings is 1. The maximum Gasteiger partial charge on any atom is 0.413 e. The van der Waals surface area contributed by atoms with Crippen molar-refractivity contribution in [2.24, 2.45) is 0 Å². The Hall–Kier alpha value is -1.10. The standard InChI is InChI=1S/C9H14N2O2S/c1-2-3-4-6-13-9(12)11-8-10-5-7-14-8/h5,7H,2-4,6H2,1H3,(H,10,11,12). The highest BCUT2D eigenvalue weighted by Gasteiger charge is 2.03. The molecule has 1 aromatic heterocycles. The number of nitrogens with zero attached hydrogens (tertiary/aromatic N) is 1. The summed E-state index contributed by atoms with van der Waals surface area (Å²) in [6, 6.07) is 0. The summed E-state index contributed by atoms with van der Waals surface area (Å²) in [5.41, 5.74) is 0. The first-order valence-electron chi connectivity index (χ1n) is 4.66. The Bertz CT molecular complexity index is 262. The van der Waals surface area contributed by atoms with Crippen LogP contribution in [0.5, 0.6) is 0 Å². The molecule has 4 nitrogen and oxygen atoms in total. The van der Waals surface area contributed by atoms with Crippen LogP contribution in [0.3, 0.4) is 0 Å². The van der Waals surface area contributed by atoms with Crippen LogP contribution < -0.4 is 5.32 Å². The molecule has 1 aromatic rings. The van der Waals surface area contributed by atoms with E-state index in [2.05, 4.69) is 17.2 Å². The molecule has 0 aliphatic carbocycles. The van der Waals surface area contributed by atoms with E-state index in [9.17, 15) is 4.79 Å². The van der Waals surface area contributed by atoms with Gasteiger partial charge < -0.3 is 4.74 Å². The Kier molecular flexibility index (Phi) is 4.99. The van der Waals surface area contributed by atoms with Crippen molar-refractivity contribution in [3.05, 3.63) is 11.6 Å². The Morgan fingerprint density at radius 1 is 1.64 bits per heavy atom. The molecule has 0 radical (unpaired) electrons. The minimum atomic E-state index is -0.420. The van der Waals surface area contributed by atoms with E-state index in [0.717, 1.165) is 19.3 Å². The van der Waals surface area contributed by atoms with Crippen LogP contribution in [0.1, 0.15) is 26.2 Å². The molecular formula is C9H14N2O2S. The van der Waals surface area contributed by atoms with Gasteiger partial charge in [0.25, 0.3) is 0 Å². The number of carbonyl (C=O) groups excluding carboxylic acids is 1. The van der Waals surface area contributed by atoms with E-state index in [1.807, 2.05) is 0 Å². The highest BCUT2D eigenvalue weighted by Crippen LogP contribution is 2.10.